The third-order valence-corrected chi connectivity index (χ3v) is 6.44. The minimum absolute atomic E-state index is 0.373. The lowest BCUT2D eigenvalue weighted by atomic mass is 9.78. The first-order chi connectivity index (χ1) is 12.3. The molecule has 1 aromatic heterocycles. The van der Waals surface area contributed by atoms with Gasteiger partial charge < -0.3 is 4.90 Å². The molecule has 1 amide bonds. The highest BCUT2D eigenvalue weighted by Crippen LogP contribution is 2.35. The van der Waals surface area contributed by atoms with Crippen LogP contribution >= 0.6 is 0 Å². The van der Waals surface area contributed by atoms with E-state index >= 15 is 0 Å². The molecule has 0 radical (unpaired) electrons. The lowest BCUT2D eigenvalue weighted by Gasteiger charge is -2.45. The molecule has 138 valence electrons. The van der Waals surface area contributed by atoms with Gasteiger partial charge in [-0.15, -0.1) is 0 Å². The van der Waals surface area contributed by atoms with Crippen LogP contribution in [0.15, 0.2) is 12.7 Å². The van der Waals surface area contributed by atoms with Crippen LogP contribution in [0.1, 0.15) is 51.4 Å². The fourth-order valence-corrected chi connectivity index (χ4v) is 5.25. The number of fused-ring (bicyclic) bond motifs is 1. The summed E-state index contributed by atoms with van der Waals surface area (Å²) >= 11 is 0. The van der Waals surface area contributed by atoms with E-state index in [2.05, 4.69) is 19.9 Å². The number of likely N-dealkylation sites (tertiary alicyclic amines) is 2. The fraction of sp³-hybridized carbons (Fsp3) is 0.842. The van der Waals surface area contributed by atoms with Gasteiger partial charge in [-0.3, -0.25) is 14.4 Å². The normalized spacial score (nSPS) is 30.9. The van der Waals surface area contributed by atoms with Gasteiger partial charge in [0, 0.05) is 25.7 Å². The van der Waals surface area contributed by atoms with E-state index in [1.807, 2.05) is 4.68 Å². The molecule has 1 aromatic rings. The third kappa shape index (κ3) is 4.05. The second kappa shape index (κ2) is 7.85. The van der Waals surface area contributed by atoms with Gasteiger partial charge in [0.25, 0.3) is 0 Å². The highest BCUT2D eigenvalue weighted by molar-refractivity contribution is 5.78. The number of carbonyl (C=O) groups is 1. The highest BCUT2D eigenvalue weighted by Gasteiger charge is 2.36. The molecule has 0 N–H and O–H groups in total. The Balaban J connectivity index is 1.32. The quantitative estimate of drug-likeness (QED) is 0.839. The van der Waals surface area contributed by atoms with Crippen LogP contribution in [0.5, 0.6) is 0 Å². The number of rotatable bonds is 4. The van der Waals surface area contributed by atoms with E-state index in [0.717, 1.165) is 32.1 Å². The van der Waals surface area contributed by atoms with E-state index in [1.165, 1.54) is 51.4 Å². The third-order valence-electron chi connectivity index (χ3n) is 6.44. The van der Waals surface area contributed by atoms with Gasteiger partial charge >= 0.3 is 0 Å². The van der Waals surface area contributed by atoms with Crippen molar-refractivity contribution in [3.05, 3.63) is 12.7 Å². The zero-order valence-electron chi connectivity index (χ0n) is 15.2. The van der Waals surface area contributed by atoms with Crippen LogP contribution in [0.4, 0.5) is 0 Å². The van der Waals surface area contributed by atoms with Gasteiger partial charge in [-0.1, -0.05) is 12.8 Å². The summed E-state index contributed by atoms with van der Waals surface area (Å²) < 4.78 is 1.92. The minimum Gasteiger partial charge on any atom is -0.338 e. The summed E-state index contributed by atoms with van der Waals surface area (Å²) in [6.07, 6.45) is 13.5. The number of hydrogen-bond acceptors (Lipinski definition) is 4. The molecule has 0 unspecified atom stereocenters. The minimum atomic E-state index is 0.373. The molecule has 3 aliphatic rings. The molecule has 3 atom stereocenters. The van der Waals surface area contributed by atoms with Crippen molar-refractivity contribution < 1.29 is 4.79 Å². The Bertz CT molecular complexity index is 558. The van der Waals surface area contributed by atoms with Gasteiger partial charge in [0.05, 0.1) is 6.54 Å². The van der Waals surface area contributed by atoms with Crippen molar-refractivity contribution in [1.29, 1.82) is 0 Å². The van der Waals surface area contributed by atoms with Crippen LogP contribution < -0.4 is 0 Å². The maximum absolute atomic E-state index is 13.0. The Kier molecular flexibility index (Phi) is 5.34. The summed E-state index contributed by atoms with van der Waals surface area (Å²) in [5, 5.41) is 4.23. The van der Waals surface area contributed by atoms with Gasteiger partial charge in [-0.2, -0.15) is 5.10 Å². The van der Waals surface area contributed by atoms with Crippen LogP contribution in [0.3, 0.4) is 0 Å². The second-order valence-corrected chi connectivity index (χ2v) is 8.20. The smallest absolute Gasteiger partial charge is 0.237 e. The van der Waals surface area contributed by atoms with Crippen LogP contribution in [-0.2, 0) is 11.3 Å². The van der Waals surface area contributed by atoms with Gasteiger partial charge in [0.15, 0.2) is 0 Å². The molecule has 3 heterocycles. The molecule has 2 saturated heterocycles. The zero-order valence-corrected chi connectivity index (χ0v) is 15.2. The van der Waals surface area contributed by atoms with Crippen molar-refractivity contribution in [2.45, 2.75) is 64.0 Å². The Morgan fingerprint density at radius 3 is 2.76 bits per heavy atom. The molecule has 1 saturated carbocycles. The van der Waals surface area contributed by atoms with E-state index in [-0.39, 0.29) is 0 Å². The molecular weight excluding hydrogens is 314 g/mol. The van der Waals surface area contributed by atoms with E-state index in [1.54, 1.807) is 12.7 Å². The summed E-state index contributed by atoms with van der Waals surface area (Å²) in [5.41, 5.74) is 0. The molecule has 2 aliphatic heterocycles. The highest BCUT2D eigenvalue weighted by atomic mass is 16.2. The molecule has 6 heteroatoms. The predicted octanol–water partition coefficient (Wildman–Crippen LogP) is 2.17. The molecule has 1 aliphatic carbocycles. The van der Waals surface area contributed by atoms with Crippen LogP contribution in [0.25, 0.3) is 0 Å². The van der Waals surface area contributed by atoms with Gasteiger partial charge in [0.1, 0.15) is 12.7 Å². The number of amides is 1. The van der Waals surface area contributed by atoms with E-state index in [4.69, 9.17) is 0 Å². The molecule has 25 heavy (non-hydrogen) atoms. The Hall–Kier alpha value is -1.43. The number of carbonyl (C=O) groups excluding carboxylic acids is 1. The fourth-order valence-electron chi connectivity index (χ4n) is 5.25. The first-order valence-corrected chi connectivity index (χ1v) is 10.1. The predicted molar refractivity (Wildman–Crippen MR) is 95.9 cm³/mol. The van der Waals surface area contributed by atoms with E-state index in [0.29, 0.717) is 24.4 Å². The first kappa shape index (κ1) is 17.0. The van der Waals surface area contributed by atoms with Crippen molar-refractivity contribution in [1.82, 2.24) is 24.6 Å². The molecule has 0 aromatic carbocycles. The van der Waals surface area contributed by atoms with E-state index < -0.39 is 0 Å². The molecule has 6 nitrogen and oxygen atoms in total. The Morgan fingerprint density at radius 2 is 1.88 bits per heavy atom. The van der Waals surface area contributed by atoms with Crippen molar-refractivity contribution in [3.63, 3.8) is 0 Å². The lowest BCUT2D eigenvalue weighted by molar-refractivity contribution is -0.139. The summed E-state index contributed by atoms with van der Waals surface area (Å²) in [5.74, 6) is 1.72. The monoisotopic (exact) mass is 345 g/mol. The van der Waals surface area contributed by atoms with Crippen LogP contribution in [0.2, 0.25) is 0 Å². The Morgan fingerprint density at radius 1 is 1.04 bits per heavy atom. The molecule has 4 rings (SSSR count). The number of hydrogen-bond donors (Lipinski definition) is 0. The summed E-state index contributed by atoms with van der Waals surface area (Å²) in [6, 6.07) is 0.533. The van der Waals surface area contributed by atoms with Crippen LogP contribution in [-0.4, -0.2) is 62.7 Å². The maximum atomic E-state index is 13.0. The second-order valence-electron chi connectivity index (χ2n) is 8.20. The summed E-state index contributed by atoms with van der Waals surface area (Å²) in [6.45, 7) is 4.57. The van der Waals surface area contributed by atoms with Crippen molar-refractivity contribution in [2.24, 2.45) is 11.8 Å². The molecule has 0 spiro atoms. The summed E-state index contributed by atoms with van der Waals surface area (Å²) in [4.78, 5) is 21.7. The average Bonchev–Trinajstić information content (AvgIpc) is 3.14. The Labute approximate surface area is 150 Å². The van der Waals surface area contributed by atoms with Gasteiger partial charge in [0.2, 0.25) is 5.91 Å². The van der Waals surface area contributed by atoms with Gasteiger partial charge in [-0.05, 0) is 56.9 Å². The number of piperidine rings is 2. The topological polar surface area (TPSA) is 54.3 Å². The van der Waals surface area contributed by atoms with Crippen molar-refractivity contribution >= 4 is 5.91 Å². The largest absolute Gasteiger partial charge is 0.338 e. The van der Waals surface area contributed by atoms with Crippen molar-refractivity contribution in [3.8, 4) is 0 Å². The summed E-state index contributed by atoms with van der Waals surface area (Å²) in [7, 11) is 0. The SMILES string of the molecule is O=C(CN1CCC[C@H](Cn2cncn2)C1)N1CCC[C@@H]2CCCC[C@H]21. The molecular formula is C19H31N5O. The van der Waals surface area contributed by atoms with Gasteiger partial charge in [-0.25, -0.2) is 4.98 Å². The van der Waals surface area contributed by atoms with Crippen LogP contribution in [0, 0.1) is 11.8 Å². The lowest BCUT2D eigenvalue weighted by Crippen LogP contribution is -2.53. The standard InChI is InChI=1S/C19H31N5O/c25-19(24-10-4-7-17-6-1-2-8-18(17)24)13-22-9-3-5-16(11-22)12-23-15-20-14-21-23/h14-18H,1-13H2/t16-,17-,18+/m0/s1. The average molecular weight is 345 g/mol. The van der Waals surface area contributed by atoms with Crippen molar-refractivity contribution in [2.75, 3.05) is 26.2 Å². The number of nitrogens with zero attached hydrogens (tertiary/aromatic N) is 5. The van der Waals surface area contributed by atoms with E-state index in [9.17, 15) is 4.79 Å². The number of aromatic nitrogens is 3. The molecule has 0 bridgehead atoms. The maximum Gasteiger partial charge on any atom is 0.237 e. The zero-order chi connectivity index (χ0) is 17.1. The first-order valence-electron chi connectivity index (χ1n) is 10.1. The molecule has 3 fully saturated rings.